The highest BCUT2D eigenvalue weighted by molar-refractivity contribution is 7.10. The molecule has 0 saturated heterocycles. The Morgan fingerprint density at radius 1 is 1.23 bits per heavy atom. The molecule has 0 N–H and O–H groups in total. The van der Waals surface area contributed by atoms with E-state index >= 15 is 0 Å². The molecule has 0 bridgehead atoms. The molecule has 0 spiro atoms. The number of hydrogen-bond donors (Lipinski definition) is 0. The molecule has 0 fully saturated rings. The number of methoxy groups -OCH3 is 1. The van der Waals surface area contributed by atoms with E-state index in [0.29, 0.717) is 17.6 Å². The van der Waals surface area contributed by atoms with Crippen molar-refractivity contribution in [2.24, 2.45) is 11.3 Å². The van der Waals surface area contributed by atoms with Gasteiger partial charge >= 0.3 is 5.97 Å². The van der Waals surface area contributed by atoms with Gasteiger partial charge in [-0.05, 0) is 17.9 Å². The van der Waals surface area contributed by atoms with Crippen LogP contribution in [0.3, 0.4) is 0 Å². The third-order valence-electron chi connectivity index (χ3n) is 5.02. The van der Waals surface area contributed by atoms with E-state index in [2.05, 4.69) is 6.07 Å². The highest BCUT2D eigenvalue weighted by Gasteiger charge is 2.58. The summed E-state index contributed by atoms with van der Waals surface area (Å²) in [6.07, 6.45) is 2.34. The van der Waals surface area contributed by atoms with Gasteiger partial charge in [0.15, 0.2) is 5.78 Å². The zero-order valence-corrected chi connectivity index (χ0v) is 15.5. The minimum atomic E-state index is -1.36. The third-order valence-corrected chi connectivity index (χ3v) is 5.95. The molecule has 1 heterocycles. The van der Waals surface area contributed by atoms with Crippen molar-refractivity contribution in [3.8, 4) is 6.07 Å². The number of thiophene rings is 1. The van der Waals surface area contributed by atoms with Gasteiger partial charge in [-0.15, -0.1) is 11.3 Å². The Morgan fingerprint density at radius 2 is 1.96 bits per heavy atom. The summed E-state index contributed by atoms with van der Waals surface area (Å²) in [5.74, 6) is -1.72. The van der Waals surface area contributed by atoms with Gasteiger partial charge in [0.2, 0.25) is 0 Å². The Kier molecular flexibility index (Phi) is 5.06. The van der Waals surface area contributed by atoms with Gasteiger partial charge in [-0.1, -0.05) is 49.4 Å². The van der Waals surface area contributed by atoms with E-state index in [1.165, 1.54) is 18.4 Å². The van der Waals surface area contributed by atoms with Crippen molar-refractivity contribution >= 4 is 23.1 Å². The van der Waals surface area contributed by atoms with Gasteiger partial charge in [0.1, 0.15) is 5.41 Å². The SMILES string of the molecule is CCC1C=C(C(=O)OC)C(c2cccs2)C1(C#N)C(=O)c1ccccc1. The predicted molar refractivity (Wildman–Crippen MR) is 99.8 cm³/mol. The summed E-state index contributed by atoms with van der Waals surface area (Å²) < 4.78 is 4.96. The molecule has 4 nitrogen and oxygen atoms in total. The lowest BCUT2D eigenvalue weighted by atomic mass is 9.65. The lowest BCUT2D eigenvalue weighted by molar-refractivity contribution is -0.136. The molecule has 3 rings (SSSR count). The zero-order chi connectivity index (χ0) is 18.7. The predicted octanol–water partition coefficient (Wildman–Crippen LogP) is 4.36. The molecule has 1 aliphatic carbocycles. The van der Waals surface area contributed by atoms with Crippen LogP contribution in [0.1, 0.15) is 34.5 Å². The molecule has 3 atom stereocenters. The molecular formula is C21H19NO3S. The molecule has 1 aliphatic rings. The van der Waals surface area contributed by atoms with Crippen LogP contribution in [0.25, 0.3) is 0 Å². The molecule has 0 aliphatic heterocycles. The van der Waals surface area contributed by atoms with Crippen molar-refractivity contribution in [1.82, 2.24) is 0 Å². The van der Waals surface area contributed by atoms with E-state index in [4.69, 9.17) is 4.74 Å². The normalized spacial score (nSPS) is 24.6. The second kappa shape index (κ2) is 7.27. The second-order valence-electron chi connectivity index (χ2n) is 6.25. The van der Waals surface area contributed by atoms with Crippen molar-refractivity contribution in [1.29, 1.82) is 5.26 Å². The number of Topliss-reactive ketones (excluding diaryl/α,β-unsaturated/α-hetero) is 1. The summed E-state index contributed by atoms with van der Waals surface area (Å²) in [6.45, 7) is 1.93. The molecular weight excluding hydrogens is 346 g/mol. The highest BCUT2D eigenvalue weighted by atomic mass is 32.1. The number of allylic oxidation sites excluding steroid dienone is 1. The second-order valence-corrected chi connectivity index (χ2v) is 7.23. The molecule has 3 unspecified atom stereocenters. The highest BCUT2D eigenvalue weighted by Crippen LogP contribution is 2.56. The van der Waals surface area contributed by atoms with E-state index < -0.39 is 17.3 Å². The Labute approximate surface area is 156 Å². The van der Waals surface area contributed by atoms with Crippen molar-refractivity contribution in [3.63, 3.8) is 0 Å². The number of ether oxygens (including phenoxy) is 1. The number of rotatable bonds is 5. The first-order chi connectivity index (χ1) is 12.6. The van der Waals surface area contributed by atoms with Crippen LogP contribution in [0.15, 0.2) is 59.5 Å². The number of nitriles is 1. The van der Waals surface area contributed by atoms with Crippen LogP contribution in [0.5, 0.6) is 0 Å². The van der Waals surface area contributed by atoms with Gasteiger partial charge in [-0.3, -0.25) is 4.79 Å². The summed E-state index contributed by atoms with van der Waals surface area (Å²) in [5.41, 5.74) is -0.481. The van der Waals surface area contributed by atoms with Crippen LogP contribution >= 0.6 is 11.3 Å². The summed E-state index contributed by atoms with van der Waals surface area (Å²) in [4.78, 5) is 26.8. The average Bonchev–Trinajstić information content (AvgIpc) is 3.32. The maximum atomic E-state index is 13.5. The lowest BCUT2D eigenvalue weighted by Crippen LogP contribution is -2.39. The van der Waals surface area contributed by atoms with Gasteiger partial charge in [0.25, 0.3) is 0 Å². The minimum absolute atomic E-state index is 0.249. The number of carbonyl (C=O) groups is 2. The molecule has 0 radical (unpaired) electrons. The quantitative estimate of drug-likeness (QED) is 0.583. The topological polar surface area (TPSA) is 67.2 Å². The number of carbonyl (C=O) groups excluding carboxylic acids is 2. The number of hydrogen-bond acceptors (Lipinski definition) is 5. The Hall–Kier alpha value is -2.71. The maximum Gasteiger partial charge on any atom is 0.334 e. The molecule has 1 aromatic heterocycles. The number of ketones is 1. The molecule has 1 aromatic carbocycles. The van der Waals surface area contributed by atoms with Crippen LogP contribution in [0.4, 0.5) is 0 Å². The molecule has 132 valence electrons. The third kappa shape index (κ3) is 2.67. The van der Waals surface area contributed by atoms with Gasteiger partial charge in [0.05, 0.1) is 19.1 Å². The van der Waals surface area contributed by atoms with E-state index in [-0.39, 0.29) is 11.7 Å². The average molecular weight is 365 g/mol. The first kappa shape index (κ1) is 18.1. The standard InChI is InChI=1S/C21H19NO3S/c1-3-15-12-16(20(24)25-2)18(17-10-7-11-26-17)21(15,13-22)19(23)14-8-5-4-6-9-14/h4-12,15,18H,3H2,1-2H3. The Bertz CT molecular complexity index is 880. The fourth-order valence-corrected chi connectivity index (χ4v) is 4.73. The van der Waals surface area contributed by atoms with E-state index in [1.807, 2.05) is 30.5 Å². The summed E-state index contributed by atoms with van der Waals surface area (Å²) in [6, 6.07) is 14.9. The number of nitrogens with zero attached hydrogens (tertiary/aromatic N) is 1. The van der Waals surface area contributed by atoms with E-state index in [0.717, 1.165) is 4.88 Å². The van der Waals surface area contributed by atoms with Crippen molar-refractivity contribution in [3.05, 3.63) is 69.9 Å². The minimum Gasteiger partial charge on any atom is -0.466 e. The molecule has 2 aromatic rings. The maximum absolute atomic E-state index is 13.5. The zero-order valence-electron chi connectivity index (χ0n) is 14.6. The fourth-order valence-electron chi connectivity index (χ4n) is 3.81. The smallest absolute Gasteiger partial charge is 0.334 e. The molecule has 0 amide bonds. The van der Waals surface area contributed by atoms with Gasteiger partial charge < -0.3 is 4.74 Å². The van der Waals surface area contributed by atoms with Crippen LogP contribution in [-0.4, -0.2) is 18.9 Å². The van der Waals surface area contributed by atoms with Crippen LogP contribution in [-0.2, 0) is 9.53 Å². The molecule has 26 heavy (non-hydrogen) atoms. The summed E-state index contributed by atoms with van der Waals surface area (Å²) >= 11 is 1.44. The lowest BCUT2D eigenvalue weighted by Gasteiger charge is -2.33. The largest absolute Gasteiger partial charge is 0.466 e. The van der Waals surface area contributed by atoms with Crippen LogP contribution < -0.4 is 0 Å². The Balaban J connectivity index is 2.22. The van der Waals surface area contributed by atoms with Gasteiger partial charge in [0, 0.05) is 21.9 Å². The van der Waals surface area contributed by atoms with Crippen molar-refractivity contribution < 1.29 is 14.3 Å². The van der Waals surface area contributed by atoms with E-state index in [9.17, 15) is 14.9 Å². The molecule has 5 heteroatoms. The van der Waals surface area contributed by atoms with Gasteiger partial charge in [-0.2, -0.15) is 5.26 Å². The van der Waals surface area contributed by atoms with E-state index in [1.54, 1.807) is 30.3 Å². The van der Waals surface area contributed by atoms with Crippen molar-refractivity contribution in [2.75, 3.05) is 7.11 Å². The first-order valence-electron chi connectivity index (χ1n) is 8.44. The monoisotopic (exact) mass is 365 g/mol. The Morgan fingerprint density at radius 3 is 2.50 bits per heavy atom. The van der Waals surface area contributed by atoms with Crippen LogP contribution in [0, 0.1) is 22.7 Å². The fraction of sp³-hybridized carbons (Fsp3) is 0.286. The number of benzene rings is 1. The van der Waals surface area contributed by atoms with Crippen LogP contribution in [0.2, 0.25) is 0 Å². The number of esters is 1. The summed E-state index contributed by atoms with van der Waals surface area (Å²) in [5, 5.41) is 12.1. The first-order valence-corrected chi connectivity index (χ1v) is 9.32. The van der Waals surface area contributed by atoms with Gasteiger partial charge in [-0.25, -0.2) is 4.79 Å². The molecule has 0 saturated carbocycles. The van der Waals surface area contributed by atoms with Crippen molar-refractivity contribution in [2.45, 2.75) is 19.3 Å². The summed E-state index contributed by atoms with van der Waals surface area (Å²) in [7, 11) is 1.32.